The molecule has 1 heterocycles. The van der Waals surface area contributed by atoms with Gasteiger partial charge in [0.1, 0.15) is 5.82 Å². The minimum Gasteiger partial charge on any atom is -0.383 e. The van der Waals surface area contributed by atoms with E-state index in [-0.39, 0.29) is 11.4 Å². The van der Waals surface area contributed by atoms with Gasteiger partial charge in [-0.25, -0.2) is 4.39 Å². The highest BCUT2D eigenvalue weighted by Gasteiger charge is 2.37. The van der Waals surface area contributed by atoms with Gasteiger partial charge in [0.15, 0.2) is 0 Å². The standard InChI is InChI=1S/C12H15FN2/c13-9-2-3-10-11(8-9)15-12(4-1-5-12)6-7-14-10/h2-3,8,14-15H,1,4-7H2. The Kier molecular flexibility index (Phi) is 1.87. The van der Waals surface area contributed by atoms with Gasteiger partial charge in [0.05, 0.1) is 11.4 Å². The van der Waals surface area contributed by atoms with Crippen LogP contribution < -0.4 is 10.6 Å². The largest absolute Gasteiger partial charge is 0.383 e. The maximum Gasteiger partial charge on any atom is 0.125 e. The van der Waals surface area contributed by atoms with Gasteiger partial charge in [-0.3, -0.25) is 0 Å². The Morgan fingerprint density at radius 3 is 2.73 bits per heavy atom. The highest BCUT2D eigenvalue weighted by Crippen LogP contribution is 2.41. The molecule has 80 valence electrons. The van der Waals surface area contributed by atoms with Crippen LogP contribution in [0.25, 0.3) is 0 Å². The van der Waals surface area contributed by atoms with E-state index in [0.29, 0.717) is 0 Å². The van der Waals surface area contributed by atoms with Gasteiger partial charge < -0.3 is 10.6 Å². The molecule has 1 spiro atoms. The molecule has 0 amide bonds. The molecule has 1 aromatic carbocycles. The Hall–Kier alpha value is -1.25. The SMILES string of the molecule is Fc1ccc2c(c1)NC1(CCC1)CCN2. The van der Waals surface area contributed by atoms with Gasteiger partial charge >= 0.3 is 0 Å². The summed E-state index contributed by atoms with van der Waals surface area (Å²) in [6.07, 6.45) is 4.84. The molecule has 1 aliphatic heterocycles. The molecule has 0 unspecified atom stereocenters. The molecule has 1 saturated carbocycles. The molecule has 3 rings (SSSR count). The molecular formula is C12H15FN2. The van der Waals surface area contributed by atoms with Crippen LogP contribution in [-0.4, -0.2) is 12.1 Å². The van der Waals surface area contributed by atoms with E-state index in [4.69, 9.17) is 0 Å². The predicted octanol–water partition coefficient (Wildman–Crippen LogP) is 2.98. The predicted molar refractivity (Wildman–Crippen MR) is 59.7 cm³/mol. The second-order valence-corrected chi connectivity index (χ2v) is 4.63. The summed E-state index contributed by atoms with van der Waals surface area (Å²) in [5, 5.41) is 6.86. The highest BCUT2D eigenvalue weighted by atomic mass is 19.1. The number of hydrogen-bond acceptors (Lipinski definition) is 2. The number of fused-ring (bicyclic) bond motifs is 1. The third kappa shape index (κ3) is 1.46. The topological polar surface area (TPSA) is 24.1 Å². The summed E-state index contributed by atoms with van der Waals surface area (Å²) in [5.74, 6) is -0.167. The molecule has 3 heteroatoms. The number of nitrogens with one attached hydrogen (secondary N) is 2. The third-order valence-corrected chi connectivity index (χ3v) is 3.61. The minimum absolute atomic E-state index is 0.167. The fourth-order valence-corrected chi connectivity index (χ4v) is 2.54. The molecule has 2 nitrogen and oxygen atoms in total. The van der Waals surface area contributed by atoms with Gasteiger partial charge in [0.25, 0.3) is 0 Å². The summed E-state index contributed by atoms with van der Waals surface area (Å²) in [5.41, 5.74) is 2.19. The first-order valence-electron chi connectivity index (χ1n) is 5.59. The molecule has 0 atom stereocenters. The lowest BCUT2D eigenvalue weighted by Crippen LogP contribution is -2.45. The molecule has 2 aliphatic rings. The zero-order chi connectivity index (χ0) is 10.3. The van der Waals surface area contributed by atoms with Crippen LogP contribution in [-0.2, 0) is 0 Å². The van der Waals surface area contributed by atoms with E-state index in [2.05, 4.69) is 10.6 Å². The normalized spacial score (nSPS) is 21.9. The number of anilines is 2. The fraction of sp³-hybridized carbons (Fsp3) is 0.500. The number of benzene rings is 1. The van der Waals surface area contributed by atoms with Crippen molar-refractivity contribution in [1.29, 1.82) is 0 Å². The summed E-state index contributed by atoms with van der Waals surface area (Å²) in [7, 11) is 0. The monoisotopic (exact) mass is 206 g/mol. The minimum atomic E-state index is -0.167. The Bertz CT molecular complexity index is 385. The van der Waals surface area contributed by atoms with E-state index in [1.165, 1.54) is 25.3 Å². The van der Waals surface area contributed by atoms with Gasteiger partial charge in [-0.1, -0.05) is 0 Å². The number of hydrogen-bond donors (Lipinski definition) is 2. The van der Waals surface area contributed by atoms with Gasteiger partial charge in [-0.15, -0.1) is 0 Å². The van der Waals surface area contributed by atoms with Gasteiger partial charge in [-0.05, 0) is 43.9 Å². The van der Waals surface area contributed by atoms with E-state index >= 15 is 0 Å². The summed E-state index contributed by atoms with van der Waals surface area (Å²) < 4.78 is 13.1. The van der Waals surface area contributed by atoms with Crippen molar-refractivity contribution in [2.75, 3.05) is 17.2 Å². The van der Waals surface area contributed by atoms with Crippen LogP contribution >= 0.6 is 0 Å². The van der Waals surface area contributed by atoms with E-state index in [1.54, 1.807) is 6.07 Å². The summed E-state index contributed by atoms with van der Waals surface area (Å²) in [6, 6.07) is 4.91. The summed E-state index contributed by atoms with van der Waals surface area (Å²) in [4.78, 5) is 0. The Balaban J connectivity index is 1.96. The zero-order valence-corrected chi connectivity index (χ0v) is 8.65. The maximum atomic E-state index is 13.1. The Morgan fingerprint density at radius 2 is 2.00 bits per heavy atom. The molecule has 0 radical (unpaired) electrons. The first-order valence-corrected chi connectivity index (χ1v) is 5.59. The molecule has 0 aromatic heterocycles. The van der Waals surface area contributed by atoms with Crippen molar-refractivity contribution in [3.05, 3.63) is 24.0 Å². The van der Waals surface area contributed by atoms with Crippen molar-refractivity contribution in [3.63, 3.8) is 0 Å². The quantitative estimate of drug-likeness (QED) is 0.682. The zero-order valence-electron chi connectivity index (χ0n) is 8.65. The Labute approximate surface area is 88.9 Å². The first-order chi connectivity index (χ1) is 7.27. The van der Waals surface area contributed by atoms with Crippen molar-refractivity contribution < 1.29 is 4.39 Å². The maximum absolute atomic E-state index is 13.1. The van der Waals surface area contributed by atoms with Crippen LogP contribution in [0.3, 0.4) is 0 Å². The van der Waals surface area contributed by atoms with Crippen LogP contribution in [0.2, 0.25) is 0 Å². The molecule has 1 fully saturated rings. The van der Waals surface area contributed by atoms with Gasteiger partial charge in [0.2, 0.25) is 0 Å². The highest BCUT2D eigenvalue weighted by molar-refractivity contribution is 5.70. The molecular weight excluding hydrogens is 191 g/mol. The lowest BCUT2D eigenvalue weighted by molar-refractivity contribution is 0.268. The smallest absolute Gasteiger partial charge is 0.125 e. The van der Waals surface area contributed by atoms with Crippen molar-refractivity contribution in [3.8, 4) is 0 Å². The summed E-state index contributed by atoms with van der Waals surface area (Å²) >= 11 is 0. The van der Waals surface area contributed by atoms with Crippen LogP contribution in [0.1, 0.15) is 25.7 Å². The van der Waals surface area contributed by atoms with E-state index in [1.807, 2.05) is 6.07 Å². The van der Waals surface area contributed by atoms with Crippen LogP contribution in [0, 0.1) is 5.82 Å². The number of rotatable bonds is 0. The second kappa shape index (κ2) is 3.12. The lowest BCUT2D eigenvalue weighted by Gasteiger charge is -2.42. The molecule has 15 heavy (non-hydrogen) atoms. The molecule has 1 aromatic rings. The van der Waals surface area contributed by atoms with Crippen molar-refractivity contribution in [1.82, 2.24) is 0 Å². The lowest BCUT2D eigenvalue weighted by atomic mass is 9.74. The summed E-state index contributed by atoms with van der Waals surface area (Å²) in [6.45, 7) is 0.978. The van der Waals surface area contributed by atoms with Crippen LogP contribution in [0.4, 0.5) is 15.8 Å². The number of halogens is 1. The van der Waals surface area contributed by atoms with E-state index in [9.17, 15) is 4.39 Å². The van der Waals surface area contributed by atoms with Crippen molar-refractivity contribution in [2.24, 2.45) is 0 Å². The molecule has 0 saturated heterocycles. The second-order valence-electron chi connectivity index (χ2n) is 4.63. The van der Waals surface area contributed by atoms with Gasteiger partial charge in [0, 0.05) is 12.1 Å². The van der Waals surface area contributed by atoms with Crippen LogP contribution in [0.15, 0.2) is 18.2 Å². The Morgan fingerprint density at radius 1 is 1.13 bits per heavy atom. The van der Waals surface area contributed by atoms with Crippen molar-refractivity contribution >= 4 is 11.4 Å². The van der Waals surface area contributed by atoms with E-state index in [0.717, 1.165) is 24.3 Å². The first kappa shape index (κ1) is 9.01. The van der Waals surface area contributed by atoms with E-state index < -0.39 is 0 Å². The molecule has 2 N–H and O–H groups in total. The average molecular weight is 206 g/mol. The van der Waals surface area contributed by atoms with Crippen LogP contribution in [0.5, 0.6) is 0 Å². The van der Waals surface area contributed by atoms with Crippen molar-refractivity contribution in [2.45, 2.75) is 31.2 Å². The fourth-order valence-electron chi connectivity index (χ4n) is 2.54. The average Bonchev–Trinajstić information content (AvgIpc) is 2.35. The molecule has 0 bridgehead atoms. The van der Waals surface area contributed by atoms with Gasteiger partial charge in [-0.2, -0.15) is 0 Å². The third-order valence-electron chi connectivity index (χ3n) is 3.61. The molecule has 1 aliphatic carbocycles.